The summed E-state index contributed by atoms with van der Waals surface area (Å²) in [6.07, 6.45) is 1.52. The van der Waals surface area contributed by atoms with Crippen LogP contribution < -0.4 is 4.72 Å². The molecule has 0 aliphatic heterocycles. The smallest absolute Gasteiger partial charge is 0.234 e. The first-order chi connectivity index (χ1) is 11.5. The molecule has 24 heavy (non-hydrogen) atoms. The van der Waals surface area contributed by atoms with Crippen LogP contribution in [0.1, 0.15) is 28.4 Å². The van der Waals surface area contributed by atoms with Crippen LogP contribution in [0, 0.1) is 11.8 Å². The molecule has 5 heteroatoms. The molecule has 0 saturated carbocycles. The molecule has 0 amide bonds. The molecular formula is C19H17NO3S. The molecule has 2 rings (SSSR count). The molecule has 0 heterocycles. The van der Waals surface area contributed by atoms with E-state index < -0.39 is 10.0 Å². The number of carbonyl (C=O) groups excluding carboxylic acids is 1. The summed E-state index contributed by atoms with van der Waals surface area (Å²) in [7, 11) is -3.53. The highest BCUT2D eigenvalue weighted by Gasteiger charge is 2.02. The second-order valence-corrected chi connectivity index (χ2v) is 6.67. The van der Waals surface area contributed by atoms with Crippen LogP contribution >= 0.6 is 0 Å². The Balaban J connectivity index is 1.91. The summed E-state index contributed by atoms with van der Waals surface area (Å²) in [5, 5.41) is 1.12. The van der Waals surface area contributed by atoms with Gasteiger partial charge in [0.1, 0.15) is 0 Å². The summed E-state index contributed by atoms with van der Waals surface area (Å²) in [6.45, 7) is 1.51. The highest BCUT2D eigenvalue weighted by Crippen LogP contribution is 2.04. The molecule has 0 saturated heterocycles. The molecule has 0 fully saturated rings. The van der Waals surface area contributed by atoms with E-state index in [0.717, 1.165) is 16.5 Å². The third-order valence-electron chi connectivity index (χ3n) is 3.13. The number of rotatable bonds is 5. The minimum absolute atomic E-state index is 0.00697. The summed E-state index contributed by atoms with van der Waals surface area (Å²) in [6, 6.07) is 16.0. The van der Waals surface area contributed by atoms with Crippen LogP contribution in [-0.2, 0) is 10.0 Å². The first-order valence-electron chi connectivity index (χ1n) is 7.29. The lowest BCUT2D eigenvalue weighted by atomic mass is 10.1. The van der Waals surface area contributed by atoms with Gasteiger partial charge in [-0.25, -0.2) is 8.42 Å². The molecule has 0 aromatic heterocycles. The van der Waals surface area contributed by atoms with Crippen LogP contribution in [0.4, 0.5) is 0 Å². The molecule has 0 bridgehead atoms. The summed E-state index contributed by atoms with van der Waals surface area (Å²) in [5.41, 5.74) is 2.14. The molecular weight excluding hydrogens is 322 g/mol. The van der Waals surface area contributed by atoms with Crippen molar-refractivity contribution in [2.75, 3.05) is 6.54 Å². The monoisotopic (exact) mass is 339 g/mol. The Labute approximate surface area is 142 Å². The van der Waals surface area contributed by atoms with Gasteiger partial charge in [0.15, 0.2) is 5.78 Å². The van der Waals surface area contributed by atoms with Gasteiger partial charge >= 0.3 is 0 Å². The van der Waals surface area contributed by atoms with Crippen LogP contribution in [0.25, 0.3) is 6.08 Å². The van der Waals surface area contributed by atoms with Gasteiger partial charge in [0.2, 0.25) is 10.0 Å². The van der Waals surface area contributed by atoms with E-state index in [-0.39, 0.29) is 12.3 Å². The van der Waals surface area contributed by atoms with E-state index in [4.69, 9.17) is 0 Å². The first kappa shape index (κ1) is 17.7. The van der Waals surface area contributed by atoms with E-state index in [2.05, 4.69) is 16.6 Å². The van der Waals surface area contributed by atoms with E-state index in [0.29, 0.717) is 5.56 Å². The fraction of sp³-hybridized carbons (Fsp3) is 0.105. The number of ketones is 1. The molecule has 0 radical (unpaired) electrons. The van der Waals surface area contributed by atoms with Crippen LogP contribution in [-0.4, -0.2) is 20.7 Å². The maximum atomic E-state index is 11.8. The number of Topliss-reactive ketones (excluding diaryl/α,β-unsaturated/α-hetero) is 1. The standard InChI is InChI=1S/C19H17NO3S/c1-16(21)19-11-9-18(10-12-19)8-5-14-20-24(22,23)15-13-17-6-3-2-4-7-17/h2-4,6-7,9-13,15,20H,14H2,1H3/b15-13+. The minimum Gasteiger partial charge on any atom is -0.295 e. The molecule has 1 N–H and O–H groups in total. The fourth-order valence-corrected chi connectivity index (χ4v) is 2.56. The largest absolute Gasteiger partial charge is 0.295 e. The summed E-state index contributed by atoms with van der Waals surface area (Å²) in [5.74, 6) is 5.58. The van der Waals surface area contributed by atoms with Crippen molar-refractivity contribution in [3.05, 3.63) is 76.7 Å². The number of hydrogen-bond donors (Lipinski definition) is 1. The zero-order valence-electron chi connectivity index (χ0n) is 13.2. The van der Waals surface area contributed by atoms with Crippen molar-refractivity contribution < 1.29 is 13.2 Å². The van der Waals surface area contributed by atoms with Crippen LogP contribution in [0.3, 0.4) is 0 Å². The Morgan fingerprint density at radius 3 is 2.38 bits per heavy atom. The van der Waals surface area contributed by atoms with Gasteiger partial charge in [0.05, 0.1) is 6.54 Å². The van der Waals surface area contributed by atoms with Gasteiger partial charge in [0.25, 0.3) is 0 Å². The van der Waals surface area contributed by atoms with E-state index in [1.54, 1.807) is 24.3 Å². The number of hydrogen-bond acceptors (Lipinski definition) is 3. The van der Waals surface area contributed by atoms with Crippen molar-refractivity contribution in [3.8, 4) is 11.8 Å². The molecule has 0 unspecified atom stereocenters. The second kappa shape index (κ2) is 8.25. The van der Waals surface area contributed by atoms with Crippen LogP contribution in [0.2, 0.25) is 0 Å². The lowest BCUT2D eigenvalue weighted by Gasteiger charge is -1.97. The van der Waals surface area contributed by atoms with Crippen molar-refractivity contribution in [2.45, 2.75) is 6.92 Å². The van der Waals surface area contributed by atoms with E-state index in [1.165, 1.54) is 13.0 Å². The molecule has 2 aromatic rings. The zero-order chi connectivity index (χ0) is 17.4. The highest BCUT2D eigenvalue weighted by atomic mass is 32.2. The Morgan fingerprint density at radius 2 is 1.75 bits per heavy atom. The van der Waals surface area contributed by atoms with E-state index in [9.17, 15) is 13.2 Å². The Kier molecular flexibility index (Phi) is 6.07. The fourth-order valence-electron chi connectivity index (χ4n) is 1.85. The Bertz CT molecular complexity index is 887. The molecule has 2 aromatic carbocycles. The van der Waals surface area contributed by atoms with Crippen molar-refractivity contribution in [1.29, 1.82) is 0 Å². The number of carbonyl (C=O) groups is 1. The maximum absolute atomic E-state index is 11.8. The summed E-state index contributed by atoms with van der Waals surface area (Å²) < 4.78 is 26.1. The van der Waals surface area contributed by atoms with Gasteiger partial charge in [-0.15, -0.1) is 0 Å². The SMILES string of the molecule is CC(=O)c1ccc(C#CCNS(=O)(=O)/C=C/c2ccccc2)cc1. The van der Waals surface area contributed by atoms with Crippen LogP contribution in [0.15, 0.2) is 60.0 Å². The Morgan fingerprint density at radius 1 is 1.08 bits per heavy atom. The van der Waals surface area contributed by atoms with E-state index >= 15 is 0 Å². The molecule has 4 nitrogen and oxygen atoms in total. The topological polar surface area (TPSA) is 63.2 Å². The maximum Gasteiger partial charge on any atom is 0.234 e. The van der Waals surface area contributed by atoms with Gasteiger partial charge in [-0.3, -0.25) is 4.79 Å². The average molecular weight is 339 g/mol. The van der Waals surface area contributed by atoms with Gasteiger partial charge in [0, 0.05) is 16.5 Å². The summed E-state index contributed by atoms with van der Waals surface area (Å²) >= 11 is 0. The average Bonchev–Trinajstić information content (AvgIpc) is 2.58. The summed E-state index contributed by atoms with van der Waals surface area (Å²) in [4.78, 5) is 11.2. The number of nitrogens with one attached hydrogen (secondary N) is 1. The lowest BCUT2D eigenvalue weighted by Crippen LogP contribution is -2.21. The minimum atomic E-state index is -3.53. The van der Waals surface area contributed by atoms with E-state index in [1.807, 2.05) is 30.3 Å². The van der Waals surface area contributed by atoms with Gasteiger partial charge < -0.3 is 0 Å². The first-order valence-corrected chi connectivity index (χ1v) is 8.83. The van der Waals surface area contributed by atoms with Crippen molar-refractivity contribution in [3.63, 3.8) is 0 Å². The third kappa shape index (κ3) is 5.84. The predicted octanol–water partition coefficient (Wildman–Crippen LogP) is 2.83. The lowest BCUT2D eigenvalue weighted by molar-refractivity contribution is 0.101. The highest BCUT2D eigenvalue weighted by molar-refractivity contribution is 7.92. The van der Waals surface area contributed by atoms with Gasteiger partial charge in [-0.05, 0) is 30.7 Å². The normalized spacial score (nSPS) is 11.0. The van der Waals surface area contributed by atoms with Gasteiger partial charge in [-0.1, -0.05) is 54.3 Å². The number of sulfonamides is 1. The molecule has 0 aliphatic carbocycles. The van der Waals surface area contributed by atoms with Crippen LogP contribution in [0.5, 0.6) is 0 Å². The predicted molar refractivity (Wildman–Crippen MR) is 95.7 cm³/mol. The van der Waals surface area contributed by atoms with Crippen molar-refractivity contribution >= 4 is 21.9 Å². The van der Waals surface area contributed by atoms with Gasteiger partial charge in [-0.2, -0.15) is 4.72 Å². The third-order valence-corrected chi connectivity index (χ3v) is 4.17. The molecule has 0 aliphatic rings. The zero-order valence-corrected chi connectivity index (χ0v) is 14.0. The van der Waals surface area contributed by atoms with Crippen molar-refractivity contribution in [1.82, 2.24) is 4.72 Å². The number of benzene rings is 2. The molecule has 0 atom stereocenters. The second-order valence-electron chi connectivity index (χ2n) is 5.01. The quantitative estimate of drug-likeness (QED) is 0.673. The molecule has 0 spiro atoms. The van der Waals surface area contributed by atoms with Crippen molar-refractivity contribution in [2.24, 2.45) is 0 Å². The molecule has 122 valence electrons. The Hall–Kier alpha value is -2.68.